The molecule has 1 saturated heterocycles. The molecule has 2 aromatic rings. The summed E-state index contributed by atoms with van der Waals surface area (Å²) in [5, 5.41) is -0.164. The largest absolute Gasteiger partial charge is 0.288 e. The van der Waals surface area contributed by atoms with Crippen LogP contribution in [0.3, 0.4) is 0 Å². The van der Waals surface area contributed by atoms with Crippen LogP contribution in [0.25, 0.3) is 11.3 Å². The Balaban J connectivity index is 1.59. The first kappa shape index (κ1) is 15.7. The predicted molar refractivity (Wildman–Crippen MR) is 87.5 cm³/mol. The summed E-state index contributed by atoms with van der Waals surface area (Å²) < 4.78 is 13.7. The summed E-state index contributed by atoms with van der Waals surface area (Å²) in [6, 6.07) is 10.2. The van der Waals surface area contributed by atoms with Crippen molar-refractivity contribution >= 4 is 22.9 Å². The van der Waals surface area contributed by atoms with Crippen LogP contribution < -0.4 is 0 Å². The first-order chi connectivity index (χ1) is 11.1. The Morgan fingerprint density at radius 3 is 2.65 bits per heavy atom. The Kier molecular flexibility index (Phi) is 4.71. The van der Waals surface area contributed by atoms with Gasteiger partial charge >= 0.3 is 0 Å². The van der Waals surface area contributed by atoms with E-state index in [1.165, 1.54) is 11.0 Å². The molecule has 1 fully saturated rings. The summed E-state index contributed by atoms with van der Waals surface area (Å²) in [6.45, 7) is 0.430. The van der Waals surface area contributed by atoms with E-state index in [1.54, 1.807) is 30.5 Å². The second-order valence-electron chi connectivity index (χ2n) is 5.24. The van der Waals surface area contributed by atoms with Crippen molar-refractivity contribution in [3.63, 3.8) is 0 Å². The minimum atomic E-state index is -0.295. The van der Waals surface area contributed by atoms with E-state index in [9.17, 15) is 14.0 Å². The highest BCUT2D eigenvalue weighted by Gasteiger charge is 2.28. The first-order valence-corrected chi connectivity index (χ1v) is 8.30. The standard InChI is InChI=1S/C17H15FN2O2S/c18-14-6-2-1-5-13(14)15-8-7-12(10-19-15)4-3-9-20-16(21)11-23-17(20)22/h1-2,5-8,10H,3-4,9,11H2. The lowest BCUT2D eigenvalue weighted by molar-refractivity contribution is -0.124. The molecular weight excluding hydrogens is 315 g/mol. The molecule has 0 N–H and O–H groups in total. The van der Waals surface area contributed by atoms with Crippen LogP contribution >= 0.6 is 11.8 Å². The lowest BCUT2D eigenvalue weighted by atomic mass is 10.1. The Morgan fingerprint density at radius 1 is 1.17 bits per heavy atom. The Hall–Kier alpha value is -2.21. The number of pyridine rings is 1. The summed E-state index contributed by atoms with van der Waals surface area (Å²) in [5.74, 6) is -0.165. The van der Waals surface area contributed by atoms with Gasteiger partial charge in [-0.2, -0.15) is 0 Å². The number of hydrogen-bond donors (Lipinski definition) is 0. The Morgan fingerprint density at radius 2 is 2.00 bits per heavy atom. The number of halogens is 1. The maximum atomic E-state index is 13.7. The molecule has 1 aliphatic heterocycles. The number of hydrogen-bond acceptors (Lipinski definition) is 4. The van der Waals surface area contributed by atoms with Gasteiger partial charge in [0.2, 0.25) is 5.91 Å². The van der Waals surface area contributed by atoms with E-state index < -0.39 is 0 Å². The van der Waals surface area contributed by atoms with Crippen molar-refractivity contribution in [2.45, 2.75) is 12.8 Å². The van der Waals surface area contributed by atoms with Crippen molar-refractivity contribution in [1.82, 2.24) is 9.88 Å². The summed E-state index contributed by atoms with van der Waals surface area (Å²) in [4.78, 5) is 28.6. The number of carbonyl (C=O) groups excluding carboxylic acids is 2. The van der Waals surface area contributed by atoms with Gasteiger partial charge in [-0.3, -0.25) is 19.5 Å². The van der Waals surface area contributed by atoms with Crippen LogP contribution in [-0.4, -0.2) is 33.3 Å². The summed E-state index contributed by atoms with van der Waals surface area (Å²) in [5.41, 5.74) is 2.06. The third-order valence-electron chi connectivity index (χ3n) is 3.66. The number of aryl methyl sites for hydroxylation is 1. The lowest BCUT2D eigenvalue weighted by Gasteiger charge is -2.12. The normalized spacial score (nSPS) is 14.6. The molecule has 1 aromatic heterocycles. The van der Waals surface area contributed by atoms with Crippen LogP contribution in [0.1, 0.15) is 12.0 Å². The molecule has 0 bridgehead atoms. The quantitative estimate of drug-likeness (QED) is 0.842. The van der Waals surface area contributed by atoms with Crippen molar-refractivity contribution in [3.8, 4) is 11.3 Å². The second-order valence-corrected chi connectivity index (χ2v) is 6.16. The van der Waals surface area contributed by atoms with Crippen molar-refractivity contribution in [1.29, 1.82) is 0 Å². The van der Waals surface area contributed by atoms with E-state index in [4.69, 9.17) is 0 Å². The molecule has 0 saturated carbocycles. The molecule has 6 heteroatoms. The first-order valence-electron chi connectivity index (χ1n) is 7.32. The number of nitrogens with zero attached hydrogens (tertiary/aromatic N) is 2. The number of carbonyl (C=O) groups is 2. The second kappa shape index (κ2) is 6.91. The third-order valence-corrected chi connectivity index (χ3v) is 4.52. The SMILES string of the molecule is O=C1CSC(=O)N1CCCc1ccc(-c2ccccc2F)nc1. The molecule has 0 aliphatic carbocycles. The fourth-order valence-electron chi connectivity index (χ4n) is 2.44. The highest BCUT2D eigenvalue weighted by Crippen LogP contribution is 2.21. The van der Waals surface area contributed by atoms with Crippen molar-refractivity contribution < 1.29 is 14.0 Å². The number of aromatic nitrogens is 1. The van der Waals surface area contributed by atoms with Crippen molar-refractivity contribution in [2.75, 3.05) is 12.3 Å². The Bertz CT molecular complexity index is 718. The molecule has 3 rings (SSSR count). The molecule has 0 atom stereocenters. The molecule has 2 amide bonds. The minimum absolute atomic E-state index is 0.118. The van der Waals surface area contributed by atoms with Crippen molar-refractivity contribution in [2.24, 2.45) is 0 Å². The van der Waals surface area contributed by atoms with Gasteiger partial charge in [0.05, 0.1) is 11.4 Å². The van der Waals surface area contributed by atoms with E-state index in [-0.39, 0.29) is 22.7 Å². The van der Waals surface area contributed by atoms with Gasteiger partial charge in [0, 0.05) is 18.3 Å². The van der Waals surface area contributed by atoms with E-state index in [2.05, 4.69) is 4.98 Å². The molecule has 23 heavy (non-hydrogen) atoms. The zero-order chi connectivity index (χ0) is 16.2. The lowest BCUT2D eigenvalue weighted by Crippen LogP contribution is -2.29. The van der Waals surface area contributed by atoms with Gasteiger partial charge in [-0.15, -0.1) is 0 Å². The number of rotatable bonds is 5. The molecule has 2 heterocycles. The monoisotopic (exact) mass is 330 g/mol. The van der Waals surface area contributed by atoms with Crippen LogP contribution in [0, 0.1) is 5.82 Å². The summed E-state index contributed by atoms with van der Waals surface area (Å²) in [6.07, 6.45) is 3.12. The third kappa shape index (κ3) is 3.59. The van der Waals surface area contributed by atoms with Gasteiger partial charge in [0.15, 0.2) is 0 Å². The van der Waals surface area contributed by atoms with Crippen LogP contribution in [0.2, 0.25) is 0 Å². The minimum Gasteiger partial charge on any atom is -0.273 e. The van der Waals surface area contributed by atoms with Gasteiger partial charge < -0.3 is 0 Å². The van der Waals surface area contributed by atoms with Crippen LogP contribution in [0.15, 0.2) is 42.6 Å². The average molecular weight is 330 g/mol. The maximum Gasteiger partial charge on any atom is 0.288 e. The molecular formula is C17H15FN2O2S. The summed E-state index contributed by atoms with van der Waals surface area (Å²) >= 11 is 1.05. The Labute approximate surface area is 137 Å². The molecule has 118 valence electrons. The van der Waals surface area contributed by atoms with Crippen molar-refractivity contribution in [3.05, 3.63) is 54.0 Å². The number of imide groups is 1. The van der Waals surface area contributed by atoms with Crippen LogP contribution in [-0.2, 0) is 11.2 Å². The highest BCUT2D eigenvalue weighted by atomic mass is 32.2. The molecule has 1 aromatic carbocycles. The molecule has 0 radical (unpaired) electrons. The van der Waals surface area contributed by atoms with Gasteiger partial charge in [0.25, 0.3) is 5.24 Å². The van der Waals surface area contributed by atoms with Gasteiger partial charge in [-0.1, -0.05) is 30.0 Å². The van der Waals surface area contributed by atoms with Gasteiger partial charge in [-0.05, 0) is 36.6 Å². The number of thioether (sulfide) groups is 1. The zero-order valence-corrected chi connectivity index (χ0v) is 13.2. The maximum absolute atomic E-state index is 13.7. The van der Waals surface area contributed by atoms with Crippen LogP contribution in [0.4, 0.5) is 9.18 Å². The summed E-state index contributed by atoms with van der Waals surface area (Å²) in [7, 11) is 0. The number of benzene rings is 1. The fourth-order valence-corrected chi connectivity index (χ4v) is 3.19. The molecule has 0 spiro atoms. The zero-order valence-electron chi connectivity index (χ0n) is 12.4. The van der Waals surface area contributed by atoms with E-state index >= 15 is 0 Å². The molecule has 1 aliphatic rings. The van der Waals surface area contributed by atoms with Gasteiger partial charge in [0.1, 0.15) is 5.82 Å². The van der Waals surface area contributed by atoms with E-state index in [0.717, 1.165) is 17.3 Å². The number of amides is 2. The van der Waals surface area contributed by atoms with Crippen LogP contribution in [0.5, 0.6) is 0 Å². The average Bonchev–Trinajstić information content (AvgIpc) is 2.88. The molecule has 4 nitrogen and oxygen atoms in total. The molecule has 0 unspecified atom stereocenters. The predicted octanol–water partition coefficient (Wildman–Crippen LogP) is 3.52. The fraction of sp³-hybridized carbons (Fsp3) is 0.235. The smallest absolute Gasteiger partial charge is 0.273 e. The van der Waals surface area contributed by atoms with E-state index in [0.29, 0.717) is 30.6 Å². The van der Waals surface area contributed by atoms with Gasteiger partial charge in [-0.25, -0.2) is 4.39 Å². The topological polar surface area (TPSA) is 50.3 Å². The van der Waals surface area contributed by atoms with E-state index in [1.807, 2.05) is 6.07 Å². The highest BCUT2D eigenvalue weighted by molar-refractivity contribution is 8.14.